The topological polar surface area (TPSA) is 216 Å². The Bertz CT molecular complexity index is 2940. The van der Waals surface area contributed by atoms with E-state index < -0.39 is 34.5 Å². The molecule has 414 valence electrons. The first-order chi connectivity index (χ1) is 36.1. The maximum atomic E-state index is 14.6. The number of aliphatic carboxylic acids is 2. The van der Waals surface area contributed by atoms with Crippen LogP contribution in [-0.2, 0) is 37.5 Å². The highest BCUT2D eigenvalue weighted by Crippen LogP contribution is 2.44. The van der Waals surface area contributed by atoms with Gasteiger partial charge in [0.05, 0.1) is 41.0 Å². The third kappa shape index (κ3) is 16.2. The normalized spacial score (nSPS) is 19.5. The fourth-order valence-corrected chi connectivity index (χ4v) is 9.13. The lowest BCUT2D eigenvalue weighted by molar-refractivity contribution is -0.192. The number of ether oxygens (including phenoxy) is 3. The van der Waals surface area contributed by atoms with E-state index in [1.165, 1.54) is 0 Å². The number of anilines is 4. The first kappa shape index (κ1) is 58.7. The highest BCUT2D eigenvalue weighted by atomic mass is 19.4. The number of carbonyl (C=O) groups is 3. The summed E-state index contributed by atoms with van der Waals surface area (Å²) in [4.78, 5) is 44.2. The van der Waals surface area contributed by atoms with Gasteiger partial charge >= 0.3 is 24.1 Å². The molecule has 0 radical (unpaired) electrons. The van der Waals surface area contributed by atoms with E-state index in [1.807, 2.05) is 67.9 Å². The van der Waals surface area contributed by atoms with Crippen molar-refractivity contribution < 1.29 is 60.8 Å². The number of rotatable bonds is 14. The van der Waals surface area contributed by atoms with Crippen LogP contribution >= 0.6 is 0 Å². The molecule has 21 heteroatoms. The van der Waals surface area contributed by atoms with E-state index in [9.17, 15) is 36.6 Å². The van der Waals surface area contributed by atoms with Crippen molar-refractivity contribution in [3.8, 4) is 11.5 Å². The summed E-state index contributed by atoms with van der Waals surface area (Å²) < 4.78 is 80.3. The van der Waals surface area contributed by atoms with Crippen LogP contribution in [-0.4, -0.2) is 82.1 Å². The van der Waals surface area contributed by atoms with Crippen LogP contribution in [0.15, 0.2) is 97.3 Å². The molecule has 2 fully saturated rings. The number of aromatic nitrogens is 6. The van der Waals surface area contributed by atoms with Gasteiger partial charge in [0.1, 0.15) is 28.9 Å². The maximum absolute atomic E-state index is 14.6. The summed E-state index contributed by atoms with van der Waals surface area (Å²) in [5.74, 6) is -1.15. The number of halogens is 5. The lowest BCUT2D eigenvalue weighted by atomic mass is 9.70. The molecule has 0 amide bonds. The average molecular weight is 1080 g/mol. The van der Waals surface area contributed by atoms with Gasteiger partial charge in [-0.15, -0.1) is 0 Å². The predicted molar refractivity (Wildman–Crippen MR) is 278 cm³/mol. The minimum atomic E-state index is -5.08. The third-order valence-corrected chi connectivity index (χ3v) is 13.2. The standard InChI is InChI=1S/C31H41FN4O3.C23H25FN4O3.C2HF3O2/c1-21-10-8-12-24(27(21)32)38-23-14-17-31(18-15-23,28(37)39-30(5,6)7)20-22-11-9-13-25(34-22)35-26-16-19-33-36(26)29(2,3)4;1-15-4-2-6-18(21(15)24)31-17-8-11-23(12-9-17,22(29)30)14-16-5-3-7-19(26-16)27-20-10-13-25-28-20;3-2(4,5)1(6)7/h8-13,16,19,23H,14-15,17-18,20H2,1-7H3,(H,34,35);2-7,10,13,17H,8-9,11-12,14H2,1H3,(H,29,30)(H2,25,26,27,28);(H,6,7). The molecule has 0 aliphatic heterocycles. The molecule has 0 atom stereocenters. The molecular formula is C56H67F5N8O8. The lowest BCUT2D eigenvalue weighted by Crippen LogP contribution is -2.44. The molecule has 0 saturated heterocycles. The van der Waals surface area contributed by atoms with Crippen LogP contribution in [0.1, 0.15) is 115 Å². The van der Waals surface area contributed by atoms with Crippen LogP contribution in [0.3, 0.4) is 0 Å². The van der Waals surface area contributed by atoms with Crippen molar-refractivity contribution in [1.82, 2.24) is 29.9 Å². The van der Waals surface area contributed by atoms with Gasteiger partial charge in [0.15, 0.2) is 23.1 Å². The number of carboxylic acid groups (broad SMARTS) is 2. The summed E-state index contributed by atoms with van der Waals surface area (Å²) in [6.45, 7) is 15.3. The van der Waals surface area contributed by atoms with E-state index in [4.69, 9.17) is 29.1 Å². The minimum Gasteiger partial charge on any atom is -0.487 e. The number of carbonyl (C=O) groups excluding carboxylic acids is 1. The van der Waals surface area contributed by atoms with Gasteiger partial charge in [0.25, 0.3) is 0 Å². The number of aryl methyl sites for hydroxylation is 2. The predicted octanol–water partition coefficient (Wildman–Crippen LogP) is 12.4. The van der Waals surface area contributed by atoms with Crippen LogP contribution in [0.4, 0.5) is 45.2 Å². The molecule has 0 bridgehead atoms. The quantitative estimate of drug-likeness (QED) is 0.0507. The van der Waals surface area contributed by atoms with Crippen LogP contribution in [0.25, 0.3) is 0 Å². The fraction of sp³-hybridized carbons (Fsp3) is 0.446. The van der Waals surface area contributed by atoms with Gasteiger partial charge in [-0.2, -0.15) is 23.4 Å². The second kappa shape index (κ2) is 24.6. The number of hydrogen-bond donors (Lipinski definition) is 5. The van der Waals surface area contributed by atoms with Crippen molar-refractivity contribution in [3.63, 3.8) is 0 Å². The SMILES string of the molecule is Cc1cccc(OC2CCC(Cc3cccc(Nc4ccn[nH]4)n3)(C(=O)O)CC2)c1F.Cc1cccc(OC2CCC(Cc3cccc(Nc4ccnn4C(C)(C)C)n3)(C(=O)OC(C)(C)C)CC2)c1F.O=C(O)C(F)(F)F. The molecule has 8 rings (SSSR count). The Morgan fingerprint density at radius 3 is 1.58 bits per heavy atom. The number of aromatic amines is 1. The number of hydrogen-bond acceptors (Lipinski definition) is 12. The summed E-state index contributed by atoms with van der Waals surface area (Å²) >= 11 is 0. The highest BCUT2D eigenvalue weighted by Gasteiger charge is 2.46. The number of esters is 1. The van der Waals surface area contributed by atoms with E-state index in [0.29, 0.717) is 98.5 Å². The van der Waals surface area contributed by atoms with Crippen molar-refractivity contribution >= 4 is 41.2 Å². The van der Waals surface area contributed by atoms with Crippen molar-refractivity contribution in [2.45, 2.75) is 149 Å². The Hall–Kier alpha value is -7.58. The zero-order chi connectivity index (χ0) is 56.3. The number of benzene rings is 2. The third-order valence-electron chi connectivity index (χ3n) is 13.2. The number of nitrogens with zero attached hydrogens (tertiary/aromatic N) is 5. The molecule has 2 aromatic carbocycles. The second-order valence-electron chi connectivity index (χ2n) is 21.5. The van der Waals surface area contributed by atoms with E-state index in [0.717, 1.165) is 11.5 Å². The average Bonchev–Trinajstić information content (AvgIpc) is 4.06. The maximum Gasteiger partial charge on any atom is 0.490 e. The highest BCUT2D eigenvalue weighted by molar-refractivity contribution is 5.78. The molecule has 6 aromatic rings. The summed E-state index contributed by atoms with van der Waals surface area (Å²) in [5, 5.41) is 34.8. The van der Waals surface area contributed by atoms with Gasteiger partial charge in [0, 0.05) is 36.4 Å². The number of carboxylic acids is 2. The fourth-order valence-electron chi connectivity index (χ4n) is 9.13. The molecule has 0 spiro atoms. The minimum absolute atomic E-state index is 0.171. The molecule has 2 aliphatic carbocycles. The van der Waals surface area contributed by atoms with Crippen LogP contribution in [0.5, 0.6) is 11.5 Å². The molecule has 4 aromatic heterocycles. The molecule has 2 aliphatic rings. The summed E-state index contributed by atoms with van der Waals surface area (Å²) in [5.41, 5.74) is 0.144. The molecule has 16 nitrogen and oxygen atoms in total. The molecule has 4 heterocycles. The Morgan fingerprint density at radius 1 is 0.675 bits per heavy atom. The Labute approximate surface area is 444 Å². The smallest absolute Gasteiger partial charge is 0.487 e. The Balaban J connectivity index is 0.000000226. The van der Waals surface area contributed by atoms with Gasteiger partial charge in [0.2, 0.25) is 0 Å². The number of alkyl halides is 3. The number of pyridine rings is 2. The summed E-state index contributed by atoms with van der Waals surface area (Å²) in [6, 6.07) is 25.3. The van der Waals surface area contributed by atoms with Crippen molar-refractivity contribution in [1.29, 1.82) is 0 Å². The zero-order valence-corrected chi connectivity index (χ0v) is 44.4. The summed E-state index contributed by atoms with van der Waals surface area (Å²) in [6.07, 6.45) is 3.07. The van der Waals surface area contributed by atoms with Gasteiger partial charge in [-0.3, -0.25) is 14.7 Å². The monoisotopic (exact) mass is 1070 g/mol. The first-order valence-corrected chi connectivity index (χ1v) is 25.3. The van der Waals surface area contributed by atoms with Gasteiger partial charge in [-0.05, 0) is 154 Å². The molecule has 77 heavy (non-hydrogen) atoms. The lowest BCUT2D eigenvalue weighted by Gasteiger charge is -2.39. The van der Waals surface area contributed by atoms with E-state index >= 15 is 0 Å². The van der Waals surface area contributed by atoms with Crippen molar-refractivity contribution in [2.24, 2.45) is 10.8 Å². The Morgan fingerprint density at radius 2 is 1.14 bits per heavy atom. The van der Waals surface area contributed by atoms with E-state index in [1.54, 1.807) is 68.7 Å². The first-order valence-electron chi connectivity index (χ1n) is 25.3. The van der Waals surface area contributed by atoms with Crippen LogP contribution in [0.2, 0.25) is 0 Å². The molecule has 2 saturated carbocycles. The van der Waals surface area contributed by atoms with E-state index in [-0.39, 0.29) is 46.8 Å². The molecular weight excluding hydrogens is 1010 g/mol. The summed E-state index contributed by atoms with van der Waals surface area (Å²) in [7, 11) is 0. The number of nitrogens with one attached hydrogen (secondary N) is 3. The van der Waals surface area contributed by atoms with Crippen molar-refractivity contribution in [2.75, 3.05) is 10.6 Å². The largest absolute Gasteiger partial charge is 0.490 e. The van der Waals surface area contributed by atoms with Gasteiger partial charge in [-0.25, -0.2) is 28.2 Å². The van der Waals surface area contributed by atoms with E-state index in [2.05, 4.69) is 51.7 Å². The second-order valence-corrected chi connectivity index (χ2v) is 21.5. The molecule has 5 N–H and O–H groups in total. The van der Waals surface area contributed by atoms with Crippen LogP contribution < -0.4 is 20.1 Å². The number of H-pyrrole nitrogens is 1. The Kier molecular flexibility index (Phi) is 18.8. The van der Waals surface area contributed by atoms with Crippen molar-refractivity contribution in [3.05, 3.63) is 131 Å². The zero-order valence-electron chi connectivity index (χ0n) is 44.4. The van der Waals surface area contributed by atoms with Gasteiger partial charge < -0.3 is 35.1 Å². The van der Waals surface area contributed by atoms with Gasteiger partial charge in [-0.1, -0.05) is 36.4 Å². The van der Waals surface area contributed by atoms with Crippen LogP contribution in [0, 0.1) is 36.3 Å². The molecule has 0 unspecified atom stereocenters.